The van der Waals surface area contributed by atoms with E-state index >= 15 is 0 Å². The van der Waals surface area contributed by atoms with Crippen LogP contribution in [0.5, 0.6) is 0 Å². The molecule has 3 atom stereocenters. The standard InChI is InChI=1S/C10H18N2O/c1-2-9-7-5-3-4-6-8(7)10(13)12-11-9/h7-9,11H,2-6H2,1H3,(H,12,13). The minimum Gasteiger partial charge on any atom is -0.291 e. The van der Waals surface area contributed by atoms with Crippen LogP contribution in [0.3, 0.4) is 0 Å². The first kappa shape index (κ1) is 9.00. The number of nitrogens with one attached hydrogen (secondary N) is 2. The third-order valence-electron chi connectivity index (χ3n) is 3.49. The Hall–Kier alpha value is -0.570. The average molecular weight is 182 g/mol. The molecule has 3 heteroatoms. The first-order valence-corrected chi connectivity index (χ1v) is 5.38. The predicted molar refractivity (Wildman–Crippen MR) is 50.8 cm³/mol. The molecule has 13 heavy (non-hydrogen) atoms. The van der Waals surface area contributed by atoms with Crippen LogP contribution in [-0.4, -0.2) is 11.9 Å². The smallest absolute Gasteiger partial charge is 0.237 e. The molecular formula is C10H18N2O. The van der Waals surface area contributed by atoms with Crippen LogP contribution in [0.2, 0.25) is 0 Å². The summed E-state index contributed by atoms with van der Waals surface area (Å²) in [4.78, 5) is 11.5. The zero-order chi connectivity index (χ0) is 9.26. The lowest BCUT2D eigenvalue weighted by Gasteiger charge is -2.40. The number of hydrogen-bond acceptors (Lipinski definition) is 2. The Morgan fingerprint density at radius 3 is 2.92 bits per heavy atom. The van der Waals surface area contributed by atoms with Crippen LogP contribution in [-0.2, 0) is 4.79 Å². The van der Waals surface area contributed by atoms with Gasteiger partial charge in [0.05, 0.1) is 0 Å². The summed E-state index contributed by atoms with van der Waals surface area (Å²) in [7, 11) is 0. The molecule has 1 saturated carbocycles. The van der Waals surface area contributed by atoms with Gasteiger partial charge in [-0.2, -0.15) is 0 Å². The van der Waals surface area contributed by atoms with Crippen molar-refractivity contribution >= 4 is 5.91 Å². The van der Waals surface area contributed by atoms with Gasteiger partial charge in [-0.3, -0.25) is 10.2 Å². The zero-order valence-electron chi connectivity index (χ0n) is 8.18. The number of fused-ring (bicyclic) bond motifs is 1. The monoisotopic (exact) mass is 182 g/mol. The van der Waals surface area contributed by atoms with Gasteiger partial charge in [0.1, 0.15) is 0 Å². The van der Waals surface area contributed by atoms with Crippen LogP contribution in [0.4, 0.5) is 0 Å². The molecule has 0 aromatic carbocycles. The van der Waals surface area contributed by atoms with Crippen LogP contribution in [0.25, 0.3) is 0 Å². The minimum absolute atomic E-state index is 0.217. The fraction of sp³-hybridized carbons (Fsp3) is 0.900. The fourth-order valence-electron chi connectivity index (χ4n) is 2.74. The topological polar surface area (TPSA) is 41.1 Å². The van der Waals surface area contributed by atoms with E-state index in [1.165, 1.54) is 19.3 Å². The number of hydrogen-bond donors (Lipinski definition) is 2. The molecule has 0 radical (unpaired) electrons. The van der Waals surface area contributed by atoms with E-state index in [1.54, 1.807) is 0 Å². The van der Waals surface area contributed by atoms with E-state index in [9.17, 15) is 4.79 Å². The molecule has 74 valence electrons. The van der Waals surface area contributed by atoms with E-state index in [0.717, 1.165) is 12.8 Å². The van der Waals surface area contributed by atoms with Gasteiger partial charge >= 0.3 is 0 Å². The van der Waals surface area contributed by atoms with Gasteiger partial charge in [-0.05, 0) is 25.2 Å². The highest BCUT2D eigenvalue weighted by molar-refractivity contribution is 5.79. The SMILES string of the molecule is CCC1NNC(=O)C2CCCCC12. The van der Waals surface area contributed by atoms with E-state index in [1.807, 2.05) is 0 Å². The molecule has 0 aromatic rings. The maximum Gasteiger partial charge on any atom is 0.237 e. The van der Waals surface area contributed by atoms with Gasteiger partial charge in [0, 0.05) is 12.0 Å². The molecule has 0 spiro atoms. The summed E-state index contributed by atoms with van der Waals surface area (Å²) in [5.41, 5.74) is 5.91. The number of carbonyl (C=O) groups is 1. The fourth-order valence-corrected chi connectivity index (χ4v) is 2.74. The highest BCUT2D eigenvalue weighted by Crippen LogP contribution is 2.34. The largest absolute Gasteiger partial charge is 0.291 e. The molecule has 2 rings (SSSR count). The summed E-state index contributed by atoms with van der Waals surface area (Å²) in [6.07, 6.45) is 5.96. The first-order valence-electron chi connectivity index (χ1n) is 5.38. The van der Waals surface area contributed by atoms with Gasteiger partial charge in [-0.1, -0.05) is 19.8 Å². The first-order chi connectivity index (χ1) is 6.33. The van der Waals surface area contributed by atoms with Gasteiger partial charge in [0.2, 0.25) is 5.91 Å². The second kappa shape index (κ2) is 3.66. The van der Waals surface area contributed by atoms with Crippen LogP contribution < -0.4 is 10.9 Å². The molecule has 0 aromatic heterocycles. The lowest BCUT2D eigenvalue weighted by molar-refractivity contribution is -0.133. The summed E-state index contributed by atoms with van der Waals surface area (Å²) in [5, 5.41) is 0. The molecule has 3 unspecified atom stereocenters. The van der Waals surface area contributed by atoms with E-state index in [0.29, 0.717) is 17.9 Å². The number of rotatable bonds is 1. The van der Waals surface area contributed by atoms with Crippen LogP contribution in [0, 0.1) is 11.8 Å². The van der Waals surface area contributed by atoms with Crippen molar-refractivity contribution in [3.63, 3.8) is 0 Å². The molecule has 1 amide bonds. The molecule has 1 aliphatic carbocycles. The average Bonchev–Trinajstić information content (AvgIpc) is 2.19. The summed E-state index contributed by atoms with van der Waals surface area (Å²) < 4.78 is 0. The highest BCUT2D eigenvalue weighted by atomic mass is 16.2. The second-order valence-corrected chi connectivity index (χ2v) is 4.20. The molecule has 0 bridgehead atoms. The van der Waals surface area contributed by atoms with Crippen molar-refractivity contribution in [1.29, 1.82) is 0 Å². The number of hydrazine groups is 1. The maximum atomic E-state index is 11.5. The van der Waals surface area contributed by atoms with Gasteiger partial charge in [-0.15, -0.1) is 0 Å². The van der Waals surface area contributed by atoms with Crippen LogP contribution in [0.1, 0.15) is 39.0 Å². The van der Waals surface area contributed by atoms with Crippen molar-refractivity contribution in [2.45, 2.75) is 45.1 Å². The third-order valence-corrected chi connectivity index (χ3v) is 3.49. The lowest BCUT2D eigenvalue weighted by Crippen LogP contribution is -2.59. The number of carbonyl (C=O) groups excluding carboxylic acids is 1. The van der Waals surface area contributed by atoms with Crippen molar-refractivity contribution < 1.29 is 4.79 Å². The van der Waals surface area contributed by atoms with Crippen molar-refractivity contribution in [3.8, 4) is 0 Å². The van der Waals surface area contributed by atoms with E-state index in [2.05, 4.69) is 17.8 Å². The summed E-state index contributed by atoms with van der Waals surface area (Å²) in [6, 6.07) is 0.503. The predicted octanol–water partition coefficient (Wildman–Crippen LogP) is 1.21. The second-order valence-electron chi connectivity index (χ2n) is 4.20. The molecular weight excluding hydrogens is 164 g/mol. The Labute approximate surface area is 79.2 Å². The zero-order valence-corrected chi connectivity index (χ0v) is 8.18. The van der Waals surface area contributed by atoms with Crippen molar-refractivity contribution in [3.05, 3.63) is 0 Å². The van der Waals surface area contributed by atoms with E-state index in [4.69, 9.17) is 0 Å². The van der Waals surface area contributed by atoms with Crippen molar-refractivity contribution in [1.82, 2.24) is 10.9 Å². The summed E-state index contributed by atoms with van der Waals surface area (Å²) in [5.74, 6) is 1.10. The van der Waals surface area contributed by atoms with Gasteiger partial charge < -0.3 is 0 Å². The Balaban J connectivity index is 2.09. The van der Waals surface area contributed by atoms with E-state index in [-0.39, 0.29) is 5.91 Å². The maximum absolute atomic E-state index is 11.5. The minimum atomic E-state index is 0.217. The summed E-state index contributed by atoms with van der Waals surface area (Å²) >= 11 is 0. The van der Waals surface area contributed by atoms with Crippen molar-refractivity contribution in [2.75, 3.05) is 0 Å². The van der Waals surface area contributed by atoms with Crippen molar-refractivity contribution in [2.24, 2.45) is 11.8 Å². The molecule has 1 aliphatic heterocycles. The molecule has 2 fully saturated rings. The quantitative estimate of drug-likeness (QED) is 0.640. The Bertz CT molecular complexity index is 205. The summed E-state index contributed by atoms with van der Waals surface area (Å²) in [6.45, 7) is 2.18. The molecule has 2 N–H and O–H groups in total. The number of amides is 1. The highest BCUT2D eigenvalue weighted by Gasteiger charge is 2.38. The van der Waals surface area contributed by atoms with Gasteiger partial charge in [-0.25, -0.2) is 5.43 Å². The molecule has 3 nitrogen and oxygen atoms in total. The Morgan fingerprint density at radius 2 is 2.15 bits per heavy atom. The van der Waals surface area contributed by atoms with Crippen LogP contribution >= 0.6 is 0 Å². The molecule has 1 heterocycles. The van der Waals surface area contributed by atoms with Gasteiger partial charge in [0.15, 0.2) is 0 Å². The van der Waals surface area contributed by atoms with Crippen LogP contribution in [0.15, 0.2) is 0 Å². The molecule has 2 aliphatic rings. The lowest BCUT2D eigenvalue weighted by atomic mass is 9.73. The Kier molecular flexibility index (Phi) is 2.54. The third kappa shape index (κ3) is 1.57. The van der Waals surface area contributed by atoms with E-state index < -0.39 is 0 Å². The Morgan fingerprint density at radius 1 is 1.38 bits per heavy atom. The van der Waals surface area contributed by atoms with Gasteiger partial charge in [0.25, 0.3) is 0 Å². The molecule has 1 saturated heterocycles. The normalized spacial score (nSPS) is 39.5.